The van der Waals surface area contributed by atoms with Crippen LogP contribution in [0.5, 0.6) is 0 Å². The van der Waals surface area contributed by atoms with Crippen molar-refractivity contribution in [1.82, 2.24) is 9.97 Å². The topological polar surface area (TPSA) is 83.3 Å². The molecular formula is C6H7AsN2O3. The Morgan fingerprint density at radius 3 is 2.67 bits per heavy atom. The molecule has 1 rings (SSSR count). The van der Waals surface area contributed by atoms with Gasteiger partial charge in [0.2, 0.25) is 0 Å². The van der Waals surface area contributed by atoms with Crippen LogP contribution in [0.3, 0.4) is 0 Å². The van der Waals surface area contributed by atoms with Gasteiger partial charge in [-0.25, -0.2) is 0 Å². The van der Waals surface area contributed by atoms with Crippen LogP contribution in [-0.2, 0) is 11.2 Å². The Hall–Kier alpha value is -0.932. The Kier molecular flexibility index (Phi) is 3.19. The van der Waals surface area contributed by atoms with E-state index in [-0.39, 0.29) is 6.42 Å². The molecule has 12 heavy (non-hydrogen) atoms. The molecule has 6 heteroatoms. The van der Waals surface area contributed by atoms with Crippen LogP contribution in [0.15, 0.2) is 12.4 Å². The second-order valence-corrected chi connectivity index (χ2v) is 3.62. The predicted octanol–water partition coefficient (Wildman–Crippen LogP) is -1.93. The SMILES string of the molecule is O=C(O)Cc1cnc([AsH]O)cn1. The van der Waals surface area contributed by atoms with Gasteiger partial charge in [-0.3, -0.25) is 0 Å². The van der Waals surface area contributed by atoms with Gasteiger partial charge in [0.25, 0.3) is 0 Å². The first-order chi connectivity index (χ1) is 5.72. The first-order valence-electron chi connectivity index (χ1n) is 3.15. The van der Waals surface area contributed by atoms with Crippen LogP contribution in [0.2, 0.25) is 0 Å². The van der Waals surface area contributed by atoms with E-state index in [1.165, 1.54) is 12.4 Å². The van der Waals surface area contributed by atoms with Gasteiger partial charge in [-0.2, -0.15) is 0 Å². The number of aliphatic carboxylic acids is 1. The standard InChI is InChI=1S/C6H7AsN2O3/c10-6(11)1-4-2-9-5(7-12)3-8-4/h2-3,7,12H,1H2,(H,10,11). The third kappa shape index (κ3) is 2.60. The molecule has 1 atom stereocenters. The molecule has 0 spiro atoms. The monoisotopic (exact) mass is 230 g/mol. The molecule has 0 saturated heterocycles. The minimum atomic E-state index is -1.16. The zero-order valence-electron chi connectivity index (χ0n) is 6.06. The van der Waals surface area contributed by atoms with Crippen LogP contribution < -0.4 is 4.48 Å². The van der Waals surface area contributed by atoms with Crippen molar-refractivity contribution in [2.24, 2.45) is 0 Å². The van der Waals surface area contributed by atoms with Crippen molar-refractivity contribution in [3.63, 3.8) is 0 Å². The Morgan fingerprint density at radius 1 is 1.50 bits per heavy atom. The molecule has 1 unspecified atom stereocenters. The molecule has 2 N–H and O–H groups in total. The van der Waals surface area contributed by atoms with Crippen molar-refractivity contribution < 1.29 is 14.0 Å². The van der Waals surface area contributed by atoms with Gasteiger partial charge in [0.15, 0.2) is 0 Å². The number of aromatic nitrogens is 2. The molecule has 0 amide bonds. The normalized spacial score (nSPS) is 10.8. The number of carboxylic acid groups (broad SMARTS) is 1. The van der Waals surface area contributed by atoms with E-state index in [4.69, 9.17) is 9.20 Å². The average molecular weight is 230 g/mol. The molecule has 0 aliphatic carbocycles. The fourth-order valence-corrected chi connectivity index (χ4v) is 1.17. The molecule has 0 radical (unpaired) electrons. The van der Waals surface area contributed by atoms with Gasteiger partial charge in [-0.05, 0) is 0 Å². The van der Waals surface area contributed by atoms with Gasteiger partial charge in [0.05, 0.1) is 0 Å². The van der Waals surface area contributed by atoms with Gasteiger partial charge < -0.3 is 0 Å². The molecule has 0 aliphatic rings. The Balaban J connectivity index is 2.71. The van der Waals surface area contributed by atoms with Gasteiger partial charge in [0.1, 0.15) is 0 Å². The number of hydrogen-bond acceptors (Lipinski definition) is 4. The minimum absolute atomic E-state index is 0.126. The van der Waals surface area contributed by atoms with E-state index in [0.29, 0.717) is 10.2 Å². The van der Waals surface area contributed by atoms with E-state index in [0.717, 1.165) is 0 Å². The van der Waals surface area contributed by atoms with Crippen LogP contribution in [0, 0.1) is 0 Å². The summed E-state index contributed by atoms with van der Waals surface area (Å²) in [5.41, 5.74) is 0.409. The summed E-state index contributed by atoms with van der Waals surface area (Å²) in [4.78, 5) is 17.9. The summed E-state index contributed by atoms with van der Waals surface area (Å²) in [6.07, 6.45) is 2.67. The molecule has 0 fully saturated rings. The maximum atomic E-state index is 10.2. The number of nitrogens with zero attached hydrogens (tertiary/aromatic N) is 2. The molecular weight excluding hydrogens is 223 g/mol. The second-order valence-electron chi connectivity index (χ2n) is 2.08. The van der Waals surface area contributed by atoms with Crippen molar-refractivity contribution in [3.05, 3.63) is 18.1 Å². The van der Waals surface area contributed by atoms with Gasteiger partial charge in [0, 0.05) is 0 Å². The summed E-state index contributed by atoms with van der Waals surface area (Å²) in [5, 5.41) is 8.38. The first-order valence-corrected chi connectivity index (χ1v) is 5.14. The molecule has 0 bridgehead atoms. The molecule has 0 saturated carbocycles. The summed E-state index contributed by atoms with van der Waals surface area (Å²) in [6, 6.07) is 0. The molecule has 1 heterocycles. The van der Waals surface area contributed by atoms with Crippen molar-refractivity contribution >= 4 is 26.5 Å². The van der Waals surface area contributed by atoms with Crippen LogP contribution in [0.25, 0.3) is 0 Å². The van der Waals surface area contributed by atoms with E-state index in [1.54, 1.807) is 0 Å². The summed E-state index contributed by atoms with van der Waals surface area (Å²) in [6.45, 7) is 0. The van der Waals surface area contributed by atoms with Gasteiger partial charge in [-0.1, -0.05) is 0 Å². The Labute approximate surface area is 75.5 Å². The van der Waals surface area contributed by atoms with Crippen molar-refractivity contribution in [2.45, 2.75) is 6.42 Å². The first kappa shape index (κ1) is 9.16. The predicted molar refractivity (Wildman–Crippen MR) is 42.4 cm³/mol. The van der Waals surface area contributed by atoms with Crippen LogP contribution in [0.1, 0.15) is 5.69 Å². The number of carboxylic acids is 1. The maximum absolute atomic E-state index is 10.2. The fourth-order valence-electron chi connectivity index (χ4n) is 0.659. The molecule has 0 aliphatic heterocycles. The summed E-state index contributed by atoms with van der Waals surface area (Å²) in [5.74, 6) is -0.933. The summed E-state index contributed by atoms with van der Waals surface area (Å²) < 4.78 is 9.28. The van der Waals surface area contributed by atoms with Crippen molar-refractivity contribution in [1.29, 1.82) is 0 Å². The molecule has 5 nitrogen and oxygen atoms in total. The fraction of sp³-hybridized carbons (Fsp3) is 0.167. The van der Waals surface area contributed by atoms with Gasteiger partial charge >= 0.3 is 75.0 Å². The second kappa shape index (κ2) is 4.18. The van der Waals surface area contributed by atoms with E-state index >= 15 is 0 Å². The van der Waals surface area contributed by atoms with Crippen LogP contribution >= 0.6 is 0 Å². The van der Waals surface area contributed by atoms with E-state index in [9.17, 15) is 4.79 Å². The zero-order valence-corrected chi connectivity index (χ0v) is 8.16. The molecule has 1 aromatic heterocycles. The summed E-state index contributed by atoms with van der Waals surface area (Å²) in [7, 11) is 0. The zero-order chi connectivity index (χ0) is 8.97. The quantitative estimate of drug-likeness (QED) is 0.591. The van der Waals surface area contributed by atoms with E-state index in [1.807, 2.05) is 0 Å². The molecule has 1 aromatic rings. The van der Waals surface area contributed by atoms with Crippen molar-refractivity contribution in [2.75, 3.05) is 0 Å². The van der Waals surface area contributed by atoms with E-state index in [2.05, 4.69) is 9.97 Å². The number of hydrogen-bond donors (Lipinski definition) is 2. The van der Waals surface area contributed by atoms with Gasteiger partial charge in [-0.15, -0.1) is 0 Å². The summed E-state index contributed by atoms with van der Waals surface area (Å²) >= 11 is -1.16. The average Bonchev–Trinajstić information content (AvgIpc) is 2.05. The number of rotatable bonds is 3. The molecule has 64 valence electrons. The Bertz CT molecular complexity index is 275. The third-order valence-corrected chi connectivity index (χ3v) is 2.17. The third-order valence-electron chi connectivity index (χ3n) is 1.15. The Morgan fingerprint density at radius 2 is 2.25 bits per heavy atom. The molecule has 0 aromatic carbocycles. The van der Waals surface area contributed by atoms with E-state index < -0.39 is 22.1 Å². The van der Waals surface area contributed by atoms with Crippen LogP contribution in [-0.4, -0.2) is 41.2 Å². The van der Waals surface area contributed by atoms with Crippen molar-refractivity contribution in [3.8, 4) is 0 Å². The number of carbonyl (C=O) groups is 1. The van der Waals surface area contributed by atoms with Crippen LogP contribution in [0.4, 0.5) is 0 Å².